The third kappa shape index (κ3) is 6.75. The van der Waals surface area contributed by atoms with Crippen molar-refractivity contribution in [3.8, 4) is 22.8 Å². The average Bonchev–Trinajstić information content (AvgIpc) is 3.69. The molecule has 0 aliphatic rings. The highest BCUT2D eigenvalue weighted by Gasteiger charge is 2.16. The molecule has 3 N–H and O–H groups in total. The molecule has 0 fully saturated rings. The Morgan fingerprint density at radius 1 is 0.976 bits per heavy atom. The first-order chi connectivity index (χ1) is 20.0. The molecule has 0 aliphatic heterocycles. The van der Waals surface area contributed by atoms with Gasteiger partial charge >= 0.3 is 0 Å². The topological polar surface area (TPSA) is 175 Å². The molecular formula is C27H24N8O6. The molecule has 0 spiro atoms. The van der Waals surface area contributed by atoms with Gasteiger partial charge in [0.05, 0.1) is 43.7 Å². The molecule has 3 aromatic heterocycles. The Morgan fingerprint density at radius 2 is 1.78 bits per heavy atom. The number of benzene rings is 2. The van der Waals surface area contributed by atoms with Gasteiger partial charge in [0.1, 0.15) is 28.8 Å². The fourth-order valence-corrected chi connectivity index (χ4v) is 3.67. The van der Waals surface area contributed by atoms with Crippen LogP contribution in [-0.2, 0) is 6.54 Å². The van der Waals surface area contributed by atoms with Crippen molar-refractivity contribution in [2.24, 2.45) is 5.10 Å². The molecule has 5 rings (SSSR count). The molecule has 0 radical (unpaired) electrons. The Hall–Kier alpha value is -5.92. The number of nitro benzene ring substituents is 1. The van der Waals surface area contributed by atoms with Gasteiger partial charge in [-0.2, -0.15) is 20.1 Å². The highest BCUT2D eigenvalue weighted by Crippen LogP contribution is 2.34. The minimum atomic E-state index is -0.484. The Morgan fingerprint density at radius 3 is 2.51 bits per heavy atom. The lowest BCUT2D eigenvalue weighted by molar-refractivity contribution is -0.384. The van der Waals surface area contributed by atoms with Gasteiger partial charge in [-0.15, -0.1) is 0 Å². The van der Waals surface area contributed by atoms with Crippen molar-refractivity contribution >= 4 is 35.4 Å². The second-order valence-corrected chi connectivity index (χ2v) is 8.31. The summed E-state index contributed by atoms with van der Waals surface area (Å²) in [5, 5.41) is 21.6. The van der Waals surface area contributed by atoms with E-state index in [4.69, 9.17) is 18.3 Å². The molecule has 0 unspecified atom stereocenters. The molecule has 3 heterocycles. The lowest BCUT2D eigenvalue weighted by Gasteiger charge is -2.10. The second kappa shape index (κ2) is 12.3. The number of furan rings is 2. The van der Waals surface area contributed by atoms with E-state index in [1.165, 1.54) is 31.5 Å². The van der Waals surface area contributed by atoms with Gasteiger partial charge in [0.2, 0.25) is 17.8 Å². The van der Waals surface area contributed by atoms with Crippen molar-refractivity contribution < 1.29 is 23.2 Å². The zero-order valence-electron chi connectivity index (χ0n) is 21.9. The quantitative estimate of drug-likeness (QED) is 0.101. The number of anilines is 4. The van der Waals surface area contributed by atoms with Crippen LogP contribution in [0.4, 0.5) is 29.2 Å². The monoisotopic (exact) mass is 556 g/mol. The summed E-state index contributed by atoms with van der Waals surface area (Å²) in [4.78, 5) is 23.9. The van der Waals surface area contributed by atoms with E-state index >= 15 is 0 Å². The van der Waals surface area contributed by atoms with E-state index in [2.05, 4.69) is 36.1 Å². The van der Waals surface area contributed by atoms with Crippen LogP contribution in [0.15, 0.2) is 86.9 Å². The maximum absolute atomic E-state index is 11.2. The first kappa shape index (κ1) is 26.7. The number of rotatable bonds is 12. The van der Waals surface area contributed by atoms with E-state index in [-0.39, 0.29) is 23.5 Å². The summed E-state index contributed by atoms with van der Waals surface area (Å²) in [6.07, 6.45) is 3.00. The van der Waals surface area contributed by atoms with Gasteiger partial charge in [0, 0.05) is 17.8 Å². The first-order valence-electron chi connectivity index (χ1n) is 12.2. The molecule has 14 nitrogen and oxygen atoms in total. The normalized spacial score (nSPS) is 10.9. The van der Waals surface area contributed by atoms with E-state index in [1.807, 2.05) is 30.3 Å². The molecule has 5 aromatic rings. The number of aromatic nitrogens is 3. The zero-order chi connectivity index (χ0) is 28.6. The summed E-state index contributed by atoms with van der Waals surface area (Å²) in [6.45, 7) is 0.359. The molecule has 0 atom stereocenters. The maximum atomic E-state index is 11.2. The van der Waals surface area contributed by atoms with Crippen molar-refractivity contribution in [1.82, 2.24) is 15.0 Å². The summed E-state index contributed by atoms with van der Waals surface area (Å²) >= 11 is 0. The van der Waals surface area contributed by atoms with E-state index in [0.717, 1.165) is 5.69 Å². The van der Waals surface area contributed by atoms with Crippen molar-refractivity contribution in [2.45, 2.75) is 6.54 Å². The summed E-state index contributed by atoms with van der Waals surface area (Å²) in [6, 6.07) is 18.5. The Labute approximate surface area is 233 Å². The number of nitrogens with one attached hydrogen (secondary N) is 3. The molecular weight excluding hydrogens is 532 g/mol. The van der Waals surface area contributed by atoms with Crippen LogP contribution < -0.4 is 25.5 Å². The molecule has 2 aromatic carbocycles. The number of nitro groups is 1. The molecule has 0 saturated heterocycles. The summed E-state index contributed by atoms with van der Waals surface area (Å²) < 4.78 is 21.7. The number of non-ortho nitro benzene ring substituents is 1. The van der Waals surface area contributed by atoms with E-state index in [0.29, 0.717) is 40.9 Å². The third-order valence-electron chi connectivity index (χ3n) is 5.62. The van der Waals surface area contributed by atoms with Gasteiger partial charge < -0.3 is 28.9 Å². The first-order valence-corrected chi connectivity index (χ1v) is 12.2. The number of ether oxygens (including phenoxy) is 2. The van der Waals surface area contributed by atoms with Gasteiger partial charge in [0.25, 0.3) is 5.69 Å². The SMILES string of the molecule is COc1ccc(Nc2nc(NCc3ccco3)nc(N/N=C/c3ccc(-c4cc([N+](=O)[O-])ccc4OC)o3)n2)cc1. The van der Waals surface area contributed by atoms with Crippen molar-refractivity contribution in [2.75, 3.05) is 30.3 Å². The molecule has 0 bridgehead atoms. The molecule has 14 heteroatoms. The molecule has 0 amide bonds. The van der Waals surface area contributed by atoms with E-state index in [9.17, 15) is 10.1 Å². The summed E-state index contributed by atoms with van der Waals surface area (Å²) in [5.41, 5.74) is 3.87. The van der Waals surface area contributed by atoms with Crippen LogP contribution in [0.3, 0.4) is 0 Å². The maximum Gasteiger partial charge on any atom is 0.270 e. The van der Waals surface area contributed by atoms with Gasteiger partial charge in [-0.3, -0.25) is 10.1 Å². The Bertz CT molecular complexity index is 1650. The van der Waals surface area contributed by atoms with Gasteiger partial charge in [-0.1, -0.05) is 0 Å². The highest BCUT2D eigenvalue weighted by molar-refractivity contribution is 5.79. The molecule has 0 aliphatic carbocycles. The van der Waals surface area contributed by atoms with Crippen LogP contribution in [0.2, 0.25) is 0 Å². The lowest BCUT2D eigenvalue weighted by Crippen LogP contribution is -2.09. The standard InChI is InChI=1S/C27H24N8O6/c1-38-19-8-5-17(6-9-19)30-26-31-25(28-15-20-4-3-13-40-20)32-27(33-26)34-29-16-21-10-12-24(41-21)22-14-18(35(36)37)7-11-23(22)39-2/h3-14,16H,15H2,1-2H3,(H3,28,30,31,32,33,34)/b29-16+. The van der Waals surface area contributed by atoms with Crippen LogP contribution in [0.5, 0.6) is 11.5 Å². The molecule has 0 saturated carbocycles. The van der Waals surface area contributed by atoms with Gasteiger partial charge in [0.15, 0.2) is 0 Å². The van der Waals surface area contributed by atoms with Crippen molar-refractivity contribution in [1.29, 1.82) is 0 Å². The predicted molar refractivity (Wildman–Crippen MR) is 151 cm³/mol. The van der Waals surface area contributed by atoms with Crippen molar-refractivity contribution in [3.63, 3.8) is 0 Å². The second-order valence-electron chi connectivity index (χ2n) is 8.31. The summed E-state index contributed by atoms with van der Waals surface area (Å²) in [5.74, 6) is 3.31. The zero-order valence-corrected chi connectivity index (χ0v) is 21.9. The van der Waals surface area contributed by atoms with E-state index < -0.39 is 4.92 Å². The summed E-state index contributed by atoms with van der Waals surface area (Å²) in [7, 11) is 3.07. The average molecular weight is 557 g/mol. The molecule has 41 heavy (non-hydrogen) atoms. The van der Waals surface area contributed by atoms with Crippen LogP contribution in [-0.4, -0.2) is 40.3 Å². The number of hydrogen-bond acceptors (Lipinski definition) is 13. The molecule has 208 valence electrons. The smallest absolute Gasteiger partial charge is 0.270 e. The van der Waals surface area contributed by atoms with Crippen LogP contribution >= 0.6 is 0 Å². The number of methoxy groups -OCH3 is 2. The van der Waals surface area contributed by atoms with Crippen molar-refractivity contribution in [3.05, 3.63) is 94.6 Å². The Balaban J connectivity index is 1.33. The van der Waals surface area contributed by atoms with Gasteiger partial charge in [-0.25, -0.2) is 5.43 Å². The fraction of sp³-hybridized carbons (Fsp3) is 0.111. The lowest BCUT2D eigenvalue weighted by atomic mass is 10.1. The third-order valence-corrected chi connectivity index (χ3v) is 5.62. The Kier molecular flexibility index (Phi) is 8.00. The number of hydrogen-bond donors (Lipinski definition) is 3. The van der Waals surface area contributed by atoms with Gasteiger partial charge in [-0.05, 0) is 54.6 Å². The fourth-order valence-electron chi connectivity index (χ4n) is 3.67. The predicted octanol–water partition coefficient (Wildman–Crippen LogP) is 5.45. The highest BCUT2D eigenvalue weighted by atomic mass is 16.6. The van der Waals surface area contributed by atoms with Crippen LogP contribution in [0.25, 0.3) is 11.3 Å². The minimum Gasteiger partial charge on any atom is -0.497 e. The minimum absolute atomic E-state index is 0.0839. The van der Waals surface area contributed by atoms with Crippen LogP contribution in [0, 0.1) is 10.1 Å². The van der Waals surface area contributed by atoms with Crippen LogP contribution in [0.1, 0.15) is 11.5 Å². The largest absolute Gasteiger partial charge is 0.497 e. The van der Waals surface area contributed by atoms with E-state index in [1.54, 1.807) is 31.6 Å². The number of nitrogens with zero attached hydrogens (tertiary/aromatic N) is 5. The number of hydrazone groups is 1.